The number of nitrogens with one attached hydrogen (secondary N) is 2. The van der Waals surface area contributed by atoms with Crippen molar-refractivity contribution in [2.24, 2.45) is 0 Å². The van der Waals surface area contributed by atoms with Crippen LogP contribution in [-0.2, 0) is 11.3 Å². The van der Waals surface area contributed by atoms with Crippen LogP contribution in [0.5, 0.6) is 11.5 Å². The molecule has 34 heavy (non-hydrogen) atoms. The standard InChI is InChI=1S/C24H29N5O4S/c1-6-29-22(16(3)25-23(31)17-8-10-18(32-4)11-9-17)27-28-24(29)34-14-21(30)26-19-13-15(2)7-12-20(19)33-5/h7-13,16H,6,14H2,1-5H3,(H,25,31)(H,26,30)/t16-/m1/s1. The highest BCUT2D eigenvalue weighted by molar-refractivity contribution is 7.99. The van der Waals surface area contributed by atoms with Crippen molar-refractivity contribution in [1.82, 2.24) is 20.1 Å². The van der Waals surface area contributed by atoms with E-state index in [2.05, 4.69) is 20.8 Å². The number of ether oxygens (including phenoxy) is 2. The van der Waals surface area contributed by atoms with Gasteiger partial charge in [-0.1, -0.05) is 17.8 Å². The summed E-state index contributed by atoms with van der Waals surface area (Å²) in [6.45, 7) is 6.36. The fourth-order valence-electron chi connectivity index (χ4n) is 3.35. The normalized spacial score (nSPS) is 11.6. The zero-order chi connectivity index (χ0) is 24.7. The lowest BCUT2D eigenvalue weighted by atomic mass is 10.2. The smallest absolute Gasteiger partial charge is 0.251 e. The third kappa shape index (κ3) is 6.07. The number of aryl methyl sites for hydroxylation is 1. The topological polar surface area (TPSA) is 107 Å². The van der Waals surface area contributed by atoms with Crippen LogP contribution in [0.1, 0.15) is 41.6 Å². The van der Waals surface area contributed by atoms with Crippen LogP contribution in [-0.4, -0.2) is 46.6 Å². The first-order valence-corrected chi connectivity index (χ1v) is 11.8. The maximum Gasteiger partial charge on any atom is 0.251 e. The second-order valence-corrected chi connectivity index (χ2v) is 8.49. The molecular weight excluding hydrogens is 454 g/mol. The molecule has 2 aromatic carbocycles. The fourth-order valence-corrected chi connectivity index (χ4v) is 4.16. The van der Waals surface area contributed by atoms with Gasteiger partial charge in [0, 0.05) is 12.1 Å². The van der Waals surface area contributed by atoms with Gasteiger partial charge >= 0.3 is 0 Å². The molecule has 180 valence electrons. The van der Waals surface area contributed by atoms with Gasteiger partial charge in [0.05, 0.1) is 31.7 Å². The Kier molecular flexibility index (Phi) is 8.53. The van der Waals surface area contributed by atoms with Gasteiger partial charge in [0.1, 0.15) is 11.5 Å². The van der Waals surface area contributed by atoms with E-state index in [4.69, 9.17) is 9.47 Å². The zero-order valence-corrected chi connectivity index (χ0v) is 20.7. The molecule has 3 aromatic rings. The van der Waals surface area contributed by atoms with Crippen molar-refractivity contribution in [2.75, 3.05) is 25.3 Å². The van der Waals surface area contributed by atoms with E-state index in [1.807, 2.05) is 43.5 Å². The minimum atomic E-state index is -0.373. The summed E-state index contributed by atoms with van der Waals surface area (Å²) in [6, 6.07) is 12.1. The maximum absolute atomic E-state index is 12.6. The van der Waals surface area contributed by atoms with Gasteiger partial charge in [0.15, 0.2) is 11.0 Å². The van der Waals surface area contributed by atoms with E-state index in [-0.39, 0.29) is 23.6 Å². The van der Waals surface area contributed by atoms with Crippen LogP contribution in [0.4, 0.5) is 5.69 Å². The molecule has 0 radical (unpaired) electrons. The third-order valence-electron chi connectivity index (χ3n) is 5.11. The first-order valence-electron chi connectivity index (χ1n) is 10.8. The molecular formula is C24H29N5O4S. The van der Waals surface area contributed by atoms with Gasteiger partial charge in [-0.25, -0.2) is 0 Å². The second-order valence-electron chi connectivity index (χ2n) is 7.55. The molecule has 3 rings (SSSR count). The maximum atomic E-state index is 12.6. The van der Waals surface area contributed by atoms with E-state index < -0.39 is 0 Å². The molecule has 2 N–H and O–H groups in total. The molecule has 0 saturated heterocycles. The molecule has 0 fully saturated rings. The largest absolute Gasteiger partial charge is 0.497 e. The Morgan fingerprint density at radius 3 is 2.47 bits per heavy atom. The van der Waals surface area contributed by atoms with Crippen molar-refractivity contribution in [1.29, 1.82) is 0 Å². The van der Waals surface area contributed by atoms with Crippen LogP contribution in [0, 0.1) is 6.92 Å². The van der Waals surface area contributed by atoms with Gasteiger partial charge in [-0.3, -0.25) is 9.59 Å². The SMILES string of the molecule is CCn1c(SCC(=O)Nc2cc(C)ccc2OC)nnc1[C@@H](C)NC(=O)c1ccc(OC)cc1. The molecule has 0 spiro atoms. The number of amides is 2. The summed E-state index contributed by atoms with van der Waals surface area (Å²) in [6.07, 6.45) is 0. The molecule has 1 heterocycles. The summed E-state index contributed by atoms with van der Waals surface area (Å²) in [5, 5.41) is 14.9. The van der Waals surface area contributed by atoms with E-state index in [0.29, 0.717) is 40.3 Å². The minimum Gasteiger partial charge on any atom is -0.497 e. The number of hydrogen-bond donors (Lipinski definition) is 2. The Labute approximate surface area is 203 Å². The fraction of sp³-hybridized carbons (Fsp3) is 0.333. The molecule has 0 aliphatic heterocycles. The number of hydrogen-bond acceptors (Lipinski definition) is 7. The van der Waals surface area contributed by atoms with Crippen LogP contribution < -0.4 is 20.1 Å². The molecule has 0 aliphatic rings. The zero-order valence-electron chi connectivity index (χ0n) is 19.9. The highest BCUT2D eigenvalue weighted by atomic mass is 32.2. The number of anilines is 1. The lowest BCUT2D eigenvalue weighted by Gasteiger charge is -2.15. The van der Waals surface area contributed by atoms with Crippen LogP contribution in [0.3, 0.4) is 0 Å². The minimum absolute atomic E-state index is 0.155. The van der Waals surface area contributed by atoms with Gasteiger partial charge in [-0.2, -0.15) is 0 Å². The summed E-state index contributed by atoms with van der Waals surface area (Å²) in [5.41, 5.74) is 2.17. The lowest BCUT2D eigenvalue weighted by Crippen LogP contribution is -2.28. The number of carbonyl (C=O) groups excluding carboxylic acids is 2. The number of thioether (sulfide) groups is 1. The number of rotatable bonds is 10. The molecule has 2 amide bonds. The van der Waals surface area contributed by atoms with Crippen molar-refractivity contribution in [3.8, 4) is 11.5 Å². The first-order chi connectivity index (χ1) is 16.4. The molecule has 1 aromatic heterocycles. The predicted octanol–water partition coefficient (Wildman–Crippen LogP) is 3.85. The third-order valence-corrected chi connectivity index (χ3v) is 6.08. The average molecular weight is 484 g/mol. The van der Waals surface area contributed by atoms with Crippen molar-refractivity contribution in [3.05, 3.63) is 59.4 Å². The molecule has 0 unspecified atom stereocenters. The van der Waals surface area contributed by atoms with Gasteiger partial charge in [0.25, 0.3) is 5.91 Å². The van der Waals surface area contributed by atoms with Crippen molar-refractivity contribution in [2.45, 2.75) is 38.5 Å². The Bertz CT molecular complexity index is 1150. The van der Waals surface area contributed by atoms with Crippen LogP contribution >= 0.6 is 11.8 Å². The molecule has 0 aliphatic carbocycles. The summed E-state index contributed by atoms with van der Waals surface area (Å²) < 4.78 is 12.3. The Balaban J connectivity index is 1.63. The molecule has 0 saturated carbocycles. The van der Waals surface area contributed by atoms with Crippen molar-refractivity contribution in [3.63, 3.8) is 0 Å². The van der Waals surface area contributed by atoms with Gasteiger partial charge < -0.3 is 24.7 Å². The molecule has 10 heteroatoms. The van der Waals surface area contributed by atoms with E-state index in [9.17, 15) is 9.59 Å². The number of benzene rings is 2. The van der Waals surface area contributed by atoms with E-state index in [1.165, 1.54) is 11.8 Å². The quantitative estimate of drug-likeness (QED) is 0.422. The van der Waals surface area contributed by atoms with Gasteiger partial charge in [-0.05, 0) is 62.7 Å². The number of aromatic nitrogens is 3. The first kappa shape index (κ1) is 25.1. The second kappa shape index (κ2) is 11.6. The van der Waals surface area contributed by atoms with E-state index in [0.717, 1.165) is 5.56 Å². The number of methoxy groups -OCH3 is 2. The summed E-state index contributed by atoms with van der Waals surface area (Å²) in [7, 11) is 3.14. The lowest BCUT2D eigenvalue weighted by molar-refractivity contribution is -0.113. The molecule has 0 bridgehead atoms. The van der Waals surface area contributed by atoms with Crippen LogP contribution in [0.25, 0.3) is 0 Å². The Morgan fingerprint density at radius 1 is 1.09 bits per heavy atom. The summed E-state index contributed by atoms with van der Waals surface area (Å²) in [5.74, 6) is 1.66. The van der Waals surface area contributed by atoms with Crippen molar-refractivity contribution < 1.29 is 19.1 Å². The van der Waals surface area contributed by atoms with E-state index in [1.54, 1.807) is 38.5 Å². The summed E-state index contributed by atoms with van der Waals surface area (Å²) in [4.78, 5) is 25.2. The Morgan fingerprint density at radius 2 is 1.82 bits per heavy atom. The summed E-state index contributed by atoms with van der Waals surface area (Å²) >= 11 is 1.28. The van der Waals surface area contributed by atoms with Gasteiger partial charge in [-0.15, -0.1) is 10.2 Å². The van der Waals surface area contributed by atoms with Crippen LogP contribution in [0.15, 0.2) is 47.6 Å². The van der Waals surface area contributed by atoms with Crippen molar-refractivity contribution >= 4 is 29.3 Å². The molecule has 1 atom stereocenters. The molecule has 9 nitrogen and oxygen atoms in total. The average Bonchev–Trinajstić information content (AvgIpc) is 3.26. The number of nitrogens with zero attached hydrogens (tertiary/aromatic N) is 3. The number of carbonyl (C=O) groups is 2. The predicted molar refractivity (Wildman–Crippen MR) is 132 cm³/mol. The highest BCUT2D eigenvalue weighted by Crippen LogP contribution is 2.26. The highest BCUT2D eigenvalue weighted by Gasteiger charge is 2.20. The Hall–Kier alpha value is -3.53. The van der Waals surface area contributed by atoms with Crippen LogP contribution in [0.2, 0.25) is 0 Å². The monoisotopic (exact) mass is 483 g/mol. The van der Waals surface area contributed by atoms with E-state index >= 15 is 0 Å². The van der Waals surface area contributed by atoms with Gasteiger partial charge in [0.2, 0.25) is 5.91 Å².